The first-order valence-corrected chi connectivity index (χ1v) is 44.1. The van der Waals surface area contributed by atoms with Crippen molar-refractivity contribution in [3.63, 3.8) is 0 Å². The first-order valence-electron chi connectivity index (χ1n) is 51.6. The standard InChI is InChI=1S/C122H86BN5O2/c1-121(2,3)97-73-94(80-58-54-78(55-59-80)75-32-10-7-11-33-75)117(114-92-44-22-30-52-112(92)129-119(97)114)127-108-66-62-82(86-38-16-24-46-101(86)126-105-50-28-19-41-89(105)90-42-20-29-51-106(90)126)68-100(108)123-99-65-63-85(125-104-49-27-21-43-91(104)96-71-84(64-67-107(96)125)124-102-47-25-17-39-87(102)88-40-18-26-48-103(88)124)72-109(99)128(111-70-83(69-110(127)116(111)123)77-36-14-9-15-37-77)118-95(81-60-56-79(57-61-81)76-34-12-8-13-35-76)74-98(122(4,5)6)120-115(118)93-45-23-31-53-113(93)130-120/h7-74H,1-6H3/i17D,18D,21D,25D,26D,27D,39D,40D,43D,47D,48D,49D,64D,67D,71D. The molecule has 0 unspecified atom stereocenters. The molecule has 5 aromatic heterocycles. The molecule has 24 aromatic rings. The van der Waals surface area contributed by atoms with E-state index in [0.29, 0.717) is 28.1 Å². The van der Waals surface area contributed by atoms with Crippen LogP contribution in [-0.2, 0) is 10.8 Å². The van der Waals surface area contributed by atoms with Crippen LogP contribution in [0.25, 0.3) is 193 Å². The molecule has 0 bridgehead atoms. The van der Waals surface area contributed by atoms with Gasteiger partial charge < -0.3 is 32.3 Å². The van der Waals surface area contributed by atoms with Crippen LogP contribution in [0.4, 0.5) is 34.1 Å². The molecule has 0 amide bonds. The summed E-state index contributed by atoms with van der Waals surface area (Å²) < 4.78 is 167. The van der Waals surface area contributed by atoms with E-state index in [-0.39, 0.29) is 38.3 Å². The van der Waals surface area contributed by atoms with Gasteiger partial charge in [0.2, 0.25) is 0 Å². The highest BCUT2D eigenvalue weighted by atomic mass is 16.3. The molecule has 2 aliphatic rings. The number of hydrogen-bond acceptors (Lipinski definition) is 4. The van der Waals surface area contributed by atoms with Gasteiger partial charge in [0.15, 0.2) is 0 Å². The minimum absolute atomic E-state index is 0.176. The second kappa shape index (κ2) is 28.7. The summed E-state index contributed by atoms with van der Waals surface area (Å²) in [6.07, 6.45) is 0. The molecule has 0 fully saturated rings. The number of aromatic nitrogens is 3. The lowest BCUT2D eigenvalue weighted by Crippen LogP contribution is -2.61. The van der Waals surface area contributed by atoms with Crippen LogP contribution in [0, 0.1) is 0 Å². The average Bonchev–Trinajstić information content (AvgIpc) is 1.67. The molecule has 0 N–H and O–H groups in total. The summed E-state index contributed by atoms with van der Waals surface area (Å²) in [6, 6.07) is 103. The van der Waals surface area contributed by atoms with Gasteiger partial charge in [-0.25, -0.2) is 0 Å². The fraction of sp³-hybridized carbons (Fsp3) is 0.0656. The number of furan rings is 2. The minimum atomic E-state index is -0.765. The summed E-state index contributed by atoms with van der Waals surface area (Å²) in [6.45, 7) is 12.6. The van der Waals surface area contributed by atoms with Gasteiger partial charge in [-0.3, -0.25) is 0 Å². The van der Waals surface area contributed by atoms with E-state index in [1.54, 1.807) is 4.57 Å². The topological polar surface area (TPSA) is 47.6 Å². The fourth-order valence-corrected chi connectivity index (χ4v) is 20.9. The normalized spacial score (nSPS) is 14.4. The Morgan fingerprint density at radius 1 is 0.262 bits per heavy atom. The lowest BCUT2D eigenvalue weighted by Gasteiger charge is -2.46. The number of rotatable bonds is 11. The molecule has 7 heterocycles. The molecule has 0 saturated heterocycles. The maximum atomic E-state index is 11.0. The summed E-state index contributed by atoms with van der Waals surface area (Å²) in [5, 5.41) is 4.43. The summed E-state index contributed by atoms with van der Waals surface area (Å²) in [5.41, 5.74) is 23.3. The highest BCUT2D eigenvalue weighted by Crippen LogP contribution is 2.58. The van der Waals surface area contributed by atoms with E-state index in [0.717, 1.165) is 176 Å². The Morgan fingerprint density at radius 2 is 0.677 bits per heavy atom. The van der Waals surface area contributed by atoms with Crippen LogP contribution in [-0.4, -0.2) is 20.4 Å². The Balaban J connectivity index is 0.850. The SMILES string of the molecule is [2H]c1c([2H])c([2H])c2c(c1[2H])c1c([2H])c(-n3c4c([2H])c([2H])c([2H])c([2H])c4c4c([2H])c([2H])c([2H])c([2H])c43)c([2H])c([2H])c1n2-c1ccc2c(c1)N(c1c(-c3ccc(-c4ccccc4)cc3)cc(C(C)(C)C)c3oc4ccccc4c13)c1cc(-c3ccccc3)cc3c1B2c1cc(-c2ccccc2-n2c4ccccc4c4ccccc42)ccc1N3c1c(-c2ccc(-c3ccccc3)cc2)cc(C(C)(C)C)c2oc3ccccc3c12. The number of benzene rings is 19. The van der Waals surface area contributed by atoms with Crippen LogP contribution in [0.1, 0.15) is 73.2 Å². The lowest BCUT2D eigenvalue weighted by atomic mass is 9.33. The number of para-hydroxylation sites is 8. The predicted octanol–water partition coefficient (Wildman–Crippen LogP) is 31.5. The van der Waals surface area contributed by atoms with E-state index in [1.807, 2.05) is 66.7 Å². The summed E-state index contributed by atoms with van der Waals surface area (Å²) in [7, 11) is 0. The molecule has 0 spiro atoms. The number of nitrogens with zero attached hydrogens (tertiary/aromatic N) is 5. The van der Waals surface area contributed by atoms with Crippen molar-refractivity contribution in [1.82, 2.24) is 13.7 Å². The first kappa shape index (κ1) is 61.3. The third kappa shape index (κ3) is 11.4. The zero-order valence-corrected chi connectivity index (χ0v) is 71.7. The van der Waals surface area contributed by atoms with E-state index in [9.17, 15) is 15.1 Å². The number of fused-ring (bicyclic) bond motifs is 19. The molecule has 7 nitrogen and oxygen atoms in total. The Morgan fingerprint density at radius 3 is 1.20 bits per heavy atom. The quantitative estimate of drug-likeness (QED) is 0.121. The number of hydrogen-bond donors (Lipinski definition) is 0. The molecule has 8 heteroatoms. The largest absolute Gasteiger partial charge is 0.456 e. The van der Waals surface area contributed by atoms with Gasteiger partial charge in [-0.2, -0.15) is 0 Å². The molecule has 130 heavy (non-hydrogen) atoms. The molecule has 26 rings (SSSR count). The summed E-state index contributed by atoms with van der Waals surface area (Å²) in [4.78, 5) is 4.89. The summed E-state index contributed by atoms with van der Waals surface area (Å²) >= 11 is 0. The Kier molecular flexibility index (Phi) is 13.5. The molecular formula is C122H86BN5O2. The van der Waals surface area contributed by atoms with Crippen LogP contribution in [0.2, 0.25) is 0 Å². The van der Waals surface area contributed by atoms with Gasteiger partial charge in [0.25, 0.3) is 6.71 Å². The van der Waals surface area contributed by atoms with Crippen molar-refractivity contribution in [2.75, 3.05) is 9.80 Å². The second-order valence-electron chi connectivity index (χ2n) is 36.2. The van der Waals surface area contributed by atoms with Crippen molar-refractivity contribution in [2.24, 2.45) is 0 Å². The summed E-state index contributed by atoms with van der Waals surface area (Å²) in [5.74, 6) is 0. The molecule has 0 radical (unpaired) electrons. The highest BCUT2D eigenvalue weighted by Gasteiger charge is 2.47. The minimum Gasteiger partial charge on any atom is -0.456 e. The molecule has 614 valence electrons. The van der Waals surface area contributed by atoms with Gasteiger partial charge in [-0.05, 0) is 186 Å². The Hall–Kier alpha value is -16.2. The van der Waals surface area contributed by atoms with Crippen molar-refractivity contribution < 1.29 is 29.4 Å². The van der Waals surface area contributed by atoms with E-state index in [4.69, 9.17) is 14.3 Å². The van der Waals surface area contributed by atoms with Crippen LogP contribution >= 0.6 is 0 Å². The Labute approximate surface area is 774 Å². The van der Waals surface area contributed by atoms with Crippen molar-refractivity contribution >= 4 is 167 Å². The first-order chi connectivity index (χ1) is 70.0. The van der Waals surface area contributed by atoms with E-state index < -0.39 is 125 Å². The molecular weight excluding hydrogens is 1580 g/mol. The van der Waals surface area contributed by atoms with Gasteiger partial charge in [-0.1, -0.05) is 345 Å². The predicted molar refractivity (Wildman–Crippen MR) is 548 cm³/mol. The smallest absolute Gasteiger partial charge is 0.252 e. The van der Waals surface area contributed by atoms with Crippen LogP contribution in [0.3, 0.4) is 0 Å². The van der Waals surface area contributed by atoms with Gasteiger partial charge >= 0.3 is 0 Å². The van der Waals surface area contributed by atoms with Crippen molar-refractivity contribution in [3.8, 4) is 83.8 Å². The van der Waals surface area contributed by atoms with Crippen molar-refractivity contribution in [1.29, 1.82) is 0 Å². The molecule has 0 aliphatic carbocycles. The fourth-order valence-electron chi connectivity index (χ4n) is 20.9. The maximum Gasteiger partial charge on any atom is 0.252 e. The highest BCUT2D eigenvalue weighted by molar-refractivity contribution is 7.00. The zero-order chi connectivity index (χ0) is 99.6. The molecule has 0 saturated carbocycles. The van der Waals surface area contributed by atoms with Gasteiger partial charge in [0.1, 0.15) is 22.3 Å². The lowest BCUT2D eigenvalue weighted by molar-refractivity contribution is 0.572. The van der Waals surface area contributed by atoms with Crippen LogP contribution in [0.5, 0.6) is 0 Å². The van der Waals surface area contributed by atoms with E-state index in [2.05, 4.69) is 311 Å². The van der Waals surface area contributed by atoms with Crippen LogP contribution in [0.15, 0.2) is 421 Å². The van der Waals surface area contributed by atoms with Gasteiger partial charge in [0.05, 0.1) is 81.5 Å². The van der Waals surface area contributed by atoms with Gasteiger partial charge in [-0.15, -0.1) is 0 Å². The van der Waals surface area contributed by atoms with Crippen molar-refractivity contribution in [3.05, 3.63) is 423 Å². The monoisotopic (exact) mass is 1680 g/mol. The molecule has 19 aromatic carbocycles. The third-order valence-corrected chi connectivity index (χ3v) is 26.8. The van der Waals surface area contributed by atoms with Crippen LogP contribution < -0.4 is 26.2 Å². The van der Waals surface area contributed by atoms with Crippen molar-refractivity contribution in [2.45, 2.75) is 52.4 Å². The second-order valence-corrected chi connectivity index (χ2v) is 36.2. The Bertz CT molecular complexity index is 9680. The van der Waals surface area contributed by atoms with Gasteiger partial charge in [0, 0.05) is 105 Å². The third-order valence-electron chi connectivity index (χ3n) is 26.8. The van der Waals surface area contributed by atoms with E-state index >= 15 is 0 Å². The van der Waals surface area contributed by atoms with E-state index in [1.165, 1.54) is 0 Å². The zero-order valence-electron chi connectivity index (χ0n) is 86.7. The average molecular weight is 1680 g/mol. The molecule has 0 atom stereocenters. The maximum absolute atomic E-state index is 11.0. The molecule has 2 aliphatic heterocycles. The number of anilines is 6.